The molecular formula is C13H19NO4S. The van der Waals surface area contributed by atoms with Gasteiger partial charge < -0.3 is 15.2 Å². The van der Waals surface area contributed by atoms with Crippen molar-refractivity contribution in [1.29, 1.82) is 0 Å². The van der Waals surface area contributed by atoms with Crippen molar-refractivity contribution in [2.24, 2.45) is 0 Å². The quantitative estimate of drug-likeness (QED) is 0.684. The molecule has 1 aromatic heterocycles. The predicted molar refractivity (Wildman–Crippen MR) is 73.9 cm³/mol. The summed E-state index contributed by atoms with van der Waals surface area (Å²) in [7, 11) is 1.57. The largest absolute Gasteiger partial charge is 0.496 e. The van der Waals surface area contributed by atoms with E-state index < -0.39 is 5.97 Å². The Kier molecular flexibility index (Phi) is 6.95. The Labute approximate surface area is 116 Å². The zero-order chi connectivity index (χ0) is 14.1. The van der Waals surface area contributed by atoms with Crippen LogP contribution in [0.15, 0.2) is 11.4 Å². The van der Waals surface area contributed by atoms with Crippen LogP contribution in [0.5, 0.6) is 5.75 Å². The average Bonchev–Trinajstić information content (AvgIpc) is 2.85. The van der Waals surface area contributed by atoms with Crippen LogP contribution in [0.4, 0.5) is 0 Å². The summed E-state index contributed by atoms with van der Waals surface area (Å²) in [6, 6.07) is 1.72. The zero-order valence-corrected chi connectivity index (χ0v) is 11.8. The molecule has 1 rings (SSSR count). The van der Waals surface area contributed by atoms with Crippen molar-refractivity contribution in [2.45, 2.75) is 32.1 Å². The fraction of sp³-hybridized carbons (Fsp3) is 0.538. The molecule has 0 aliphatic rings. The molecule has 0 aromatic carbocycles. The number of aliphatic carboxylic acids is 1. The molecule has 2 N–H and O–H groups in total. The summed E-state index contributed by atoms with van der Waals surface area (Å²) in [5.41, 5.74) is 0. The molecule has 0 unspecified atom stereocenters. The maximum atomic E-state index is 11.7. The molecule has 0 aliphatic carbocycles. The second kappa shape index (κ2) is 8.53. The predicted octanol–water partition coefficient (Wildman–Crippen LogP) is 2.52. The summed E-state index contributed by atoms with van der Waals surface area (Å²) in [6.45, 7) is 0.617. The number of unbranched alkanes of at least 4 members (excludes halogenated alkanes) is 3. The minimum Gasteiger partial charge on any atom is -0.496 e. The van der Waals surface area contributed by atoms with Crippen molar-refractivity contribution in [3.63, 3.8) is 0 Å². The Morgan fingerprint density at radius 1 is 1.32 bits per heavy atom. The molecule has 1 aromatic rings. The third-order valence-electron chi connectivity index (χ3n) is 2.64. The van der Waals surface area contributed by atoms with Crippen LogP contribution in [-0.2, 0) is 4.79 Å². The van der Waals surface area contributed by atoms with E-state index in [4.69, 9.17) is 9.84 Å². The number of nitrogens with one attached hydrogen (secondary N) is 1. The van der Waals surface area contributed by atoms with Crippen LogP contribution in [0.25, 0.3) is 0 Å². The van der Waals surface area contributed by atoms with Gasteiger partial charge in [-0.1, -0.05) is 12.8 Å². The fourth-order valence-corrected chi connectivity index (χ4v) is 2.36. The summed E-state index contributed by atoms with van der Waals surface area (Å²) >= 11 is 1.36. The molecule has 0 atom stereocenters. The number of rotatable bonds is 9. The third-order valence-corrected chi connectivity index (χ3v) is 3.55. The van der Waals surface area contributed by atoms with Gasteiger partial charge in [0.05, 0.1) is 12.0 Å². The van der Waals surface area contributed by atoms with E-state index in [0.29, 0.717) is 23.6 Å². The summed E-state index contributed by atoms with van der Waals surface area (Å²) in [6.07, 6.45) is 3.61. The molecule has 1 heterocycles. The topological polar surface area (TPSA) is 75.6 Å². The first-order chi connectivity index (χ1) is 9.13. The maximum absolute atomic E-state index is 11.7. The lowest BCUT2D eigenvalue weighted by Gasteiger charge is -2.03. The fourth-order valence-electron chi connectivity index (χ4n) is 1.59. The Hall–Kier alpha value is -1.56. The minimum absolute atomic E-state index is 0.0844. The lowest BCUT2D eigenvalue weighted by atomic mass is 10.1. The molecular weight excluding hydrogens is 266 g/mol. The Bertz CT molecular complexity index is 417. The van der Waals surface area contributed by atoms with Crippen LogP contribution >= 0.6 is 11.3 Å². The molecule has 0 spiro atoms. The standard InChI is InChI=1S/C13H19NO4S/c1-18-10-8-11(19-9-10)13(17)14-7-5-3-2-4-6-12(15)16/h8-9H,2-7H2,1H3,(H,14,17)(H,15,16). The number of methoxy groups -OCH3 is 1. The van der Waals surface area contributed by atoms with Gasteiger partial charge in [0.25, 0.3) is 5.91 Å². The molecule has 106 valence electrons. The molecule has 0 saturated heterocycles. The van der Waals surface area contributed by atoms with Gasteiger partial charge in [0, 0.05) is 24.4 Å². The highest BCUT2D eigenvalue weighted by Gasteiger charge is 2.08. The summed E-state index contributed by atoms with van der Waals surface area (Å²) in [5.74, 6) is -0.136. The van der Waals surface area contributed by atoms with Crippen LogP contribution in [0, 0.1) is 0 Å². The van der Waals surface area contributed by atoms with Crippen molar-refractivity contribution in [3.05, 3.63) is 16.3 Å². The van der Waals surface area contributed by atoms with Gasteiger partial charge >= 0.3 is 5.97 Å². The SMILES string of the molecule is COc1csc(C(=O)NCCCCCCC(=O)O)c1. The van der Waals surface area contributed by atoms with Gasteiger partial charge in [-0.15, -0.1) is 11.3 Å². The molecule has 6 heteroatoms. The van der Waals surface area contributed by atoms with Crippen LogP contribution in [0.3, 0.4) is 0 Å². The Balaban J connectivity index is 2.09. The van der Waals surface area contributed by atoms with Crippen LogP contribution in [0.2, 0.25) is 0 Å². The van der Waals surface area contributed by atoms with E-state index in [2.05, 4.69) is 5.32 Å². The molecule has 0 saturated carbocycles. The van der Waals surface area contributed by atoms with E-state index in [1.165, 1.54) is 11.3 Å². The normalized spacial score (nSPS) is 10.2. The molecule has 5 nitrogen and oxygen atoms in total. The average molecular weight is 285 g/mol. The van der Waals surface area contributed by atoms with Crippen molar-refractivity contribution in [2.75, 3.05) is 13.7 Å². The van der Waals surface area contributed by atoms with Crippen molar-refractivity contribution < 1.29 is 19.4 Å². The number of carboxylic acid groups (broad SMARTS) is 1. The molecule has 19 heavy (non-hydrogen) atoms. The summed E-state index contributed by atoms with van der Waals surface area (Å²) in [5, 5.41) is 13.1. The lowest BCUT2D eigenvalue weighted by molar-refractivity contribution is -0.137. The van der Waals surface area contributed by atoms with E-state index in [1.807, 2.05) is 0 Å². The Morgan fingerprint density at radius 2 is 2.05 bits per heavy atom. The highest BCUT2D eigenvalue weighted by atomic mass is 32.1. The number of carbonyl (C=O) groups excluding carboxylic acids is 1. The first kappa shape index (κ1) is 15.5. The van der Waals surface area contributed by atoms with Gasteiger partial charge in [-0.3, -0.25) is 9.59 Å². The number of carboxylic acids is 1. The summed E-state index contributed by atoms with van der Waals surface area (Å²) in [4.78, 5) is 22.7. The molecule has 0 radical (unpaired) electrons. The van der Waals surface area contributed by atoms with E-state index in [1.54, 1.807) is 18.6 Å². The monoisotopic (exact) mass is 285 g/mol. The second-order valence-electron chi connectivity index (χ2n) is 4.16. The first-order valence-corrected chi connectivity index (χ1v) is 7.14. The highest BCUT2D eigenvalue weighted by molar-refractivity contribution is 7.12. The molecule has 0 bridgehead atoms. The van der Waals surface area contributed by atoms with E-state index in [-0.39, 0.29) is 12.3 Å². The van der Waals surface area contributed by atoms with Gasteiger partial charge in [-0.05, 0) is 12.8 Å². The van der Waals surface area contributed by atoms with Crippen molar-refractivity contribution in [3.8, 4) is 5.75 Å². The number of hydrogen-bond donors (Lipinski definition) is 2. The number of amides is 1. The second-order valence-corrected chi connectivity index (χ2v) is 5.08. The first-order valence-electron chi connectivity index (χ1n) is 6.26. The number of hydrogen-bond acceptors (Lipinski definition) is 4. The van der Waals surface area contributed by atoms with Gasteiger partial charge in [-0.2, -0.15) is 0 Å². The van der Waals surface area contributed by atoms with Gasteiger partial charge in [-0.25, -0.2) is 0 Å². The zero-order valence-electron chi connectivity index (χ0n) is 11.0. The maximum Gasteiger partial charge on any atom is 0.303 e. The number of thiophene rings is 1. The van der Waals surface area contributed by atoms with Crippen LogP contribution < -0.4 is 10.1 Å². The lowest BCUT2D eigenvalue weighted by Crippen LogP contribution is -2.23. The van der Waals surface area contributed by atoms with Crippen molar-refractivity contribution >= 4 is 23.2 Å². The molecule has 0 fully saturated rings. The van der Waals surface area contributed by atoms with Crippen molar-refractivity contribution in [1.82, 2.24) is 5.32 Å². The number of carbonyl (C=O) groups is 2. The van der Waals surface area contributed by atoms with Gasteiger partial charge in [0.15, 0.2) is 0 Å². The minimum atomic E-state index is -0.750. The van der Waals surface area contributed by atoms with E-state index >= 15 is 0 Å². The van der Waals surface area contributed by atoms with Gasteiger partial charge in [0.2, 0.25) is 0 Å². The number of ether oxygens (including phenoxy) is 1. The third kappa shape index (κ3) is 6.24. The highest BCUT2D eigenvalue weighted by Crippen LogP contribution is 2.20. The Morgan fingerprint density at radius 3 is 2.68 bits per heavy atom. The van der Waals surface area contributed by atoms with Gasteiger partial charge in [0.1, 0.15) is 5.75 Å². The van der Waals surface area contributed by atoms with Crippen LogP contribution in [0.1, 0.15) is 41.8 Å². The summed E-state index contributed by atoms with van der Waals surface area (Å²) < 4.78 is 5.02. The molecule has 0 aliphatic heterocycles. The smallest absolute Gasteiger partial charge is 0.303 e. The van der Waals surface area contributed by atoms with Crippen LogP contribution in [-0.4, -0.2) is 30.6 Å². The van der Waals surface area contributed by atoms with E-state index in [0.717, 1.165) is 19.3 Å². The van der Waals surface area contributed by atoms with E-state index in [9.17, 15) is 9.59 Å². The molecule has 1 amide bonds.